The quantitative estimate of drug-likeness (QED) is 0.499. The van der Waals surface area contributed by atoms with Gasteiger partial charge in [-0.1, -0.05) is 11.3 Å². The highest BCUT2D eigenvalue weighted by Crippen LogP contribution is 2.20. The van der Waals surface area contributed by atoms with Gasteiger partial charge in [0.15, 0.2) is 4.80 Å². The first-order valence-electron chi connectivity index (χ1n) is 7.10. The minimum absolute atomic E-state index is 0.216. The van der Waals surface area contributed by atoms with Crippen LogP contribution in [0.25, 0.3) is 10.2 Å². The molecule has 0 aliphatic heterocycles. The number of carbonyl (C=O) groups excluding carboxylic acids is 1. The van der Waals surface area contributed by atoms with Crippen LogP contribution in [0.15, 0.2) is 39.7 Å². The summed E-state index contributed by atoms with van der Waals surface area (Å²) in [5, 5.41) is 10.6. The van der Waals surface area contributed by atoms with Gasteiger partial charge >= 0.3 is 11.8 Å². The van der Waals surface area contributed by atoms with E-state index in [0.29, 0.717) is 16.0 Å². The molecule has 130 valence electrons. The lowest BCUT2D eigenvalue weighted by Crippen LogP contribution is -2.18. The number of hydrogen-bond donors (Lipinski definition) is 0. The average molecular weight is 381 g/mol. The van der Waals surface area contributed by atoms with E-state index in [1.165, 1.54) is 29.5 Å². The first-order chi connectivity index (χ1) is 12.0. The lowest BCUT2D eigenvalue weighted by atomic mass is 10.3. The van der Waals surface area contributed by atoms with Crippen molar-refractivity contribution in [1.29, 1.82) is 0 Å². The van der Waals surface area contributed by atoms with E-state index in [1.807, 2.05) is 10.8 Å². The Hall–Kier alpha value is -2.46. The number of fused-ring (bicyclic) bond motifs is 1. The first-order valence-corrected chi connectivity index (χ1v) is 9.31. The summed E-state index contributed by atoms with van der Waals surface area (Å²) < 4.78 is 20.8. The molecule has 1 amide bonds. The Balaban J connectivity index is 2.07. The second-order valence-corrected chi connectivity index (χ2v) is 6.95. The molecule has 25 heavy (non-hydrogen) atoms. The number of carbonyl (C=O) groups is 1. The molecule has 0 unspecified atom stereocenters. The van der Waals surface area contributed by atoms with Crippen molar-refractivity contribution in [2.75, 3.05) is 12.0 Å². The lowest BCUT2D eigenvalue weighted by molar-refractivity contribution is -0.402. The molecular formula is C15H12FN3O4S2. The molecule has 3 aromatic rings. The van der Waals surface area contributed by atoms with Crippen molar-refractivity contribution in [2.45, 2.75) is 6.54 Å². The van der Waals surface area contributed by atoms with E-state index in [0.717, 1.165) is 17.3 Å². The molecular weight excluding hydrogens is 369 g/mol. The predicted octanol–water partition coefficient (Wildman–Crippen LogP) is 3.45. The minimum Gasteiger partial charge on any atom is -0.395 e. The van der Waals surface area contributed by atoms with Crippen LogP contribution in [0.2, 0.25) is 0 Å². The third-order valence-electron chi connectivity index (χ3n) is 3.34. The number of halogens is 1. The number of furan rings is 1. The molecule has 2 heterocycles. The van der Waals surface area contributed by atoms with E-state index in [-0.39, 0.29) is 11.6 Å². The van der Waals surface area contributed by atoms with Gasteiger partial charge < -0.3 is 8.98 Å². The molecule has 2 aromatic heterocycles. The van der Waals surface area contributed by atoms with Gasteiger partial charge in [0.05, 0.1) is 16.3 Å². The van der Waals surface area contributed by atoms with Crippen LogP contribution in [-0.4, -0.2) is 27.4 Å². The molecule has 0 spiro atoms. The van der Waals surface area contributed by atoms with Gasteiger partial charge in [0.25, 0.3) is 0 Å². The zero-order chi connectivity index (χ0) is 18.0. The number of thioether (sulfide) groups is 1. The van der Waals surface area contributed by atoms with Crippen molar-refractivity contribution in [1.82, 2.24) is 4.57 Å². The van der Waals surface area contributed by atoms with Crippen LogP contribution < -0.4 is 4.80 Å². The van der Waals surface area contributed by atoms with Crippen molar-refractivity contribution in [3.8, 4) is 0 Å². The SMILES string of the molecule is CSCCn1c(=NC(=O)c2ccc([N+](=O)[O-])o2)sc2cc(F)ccc21. The third kappa shape index (κ3) is 3.64. The van der Waals surface area contributed by atoms with Gasteiger partial charge in [0.1, 0.15) is 10.7 Å². The van der Waals surface area contributed by atoms with Crippen molar-refractivity contribution in [3.63, 3.8) is 0 Å². The van der Waals surface area contributed by atoms with Crippen LogP contribution in [-0.2, 0) is 6.54 Å². The molecule has 0 N–H and O–H groups in total. The summed E-state index contributed by atoms with van der Waals surface area (Å²) in [5.41, 5.74) is 0.775. The maximum Gasteiger partial charge on any atom is 0.433 e. The third-order valence-corrected chi connectivity index (χ3v) is 4.98. The molecule has 10 heteroatoms. The Labute approximate surface area is 148 Å². The lowest BCUT2D eigenvalue weighted by Gasteiger charge is -2.03. The molecule has 0 atom stereocenters. The average Bonchev–Trinajstić information content (AvgIpc) is 3.17. The second-order valence-electron chi connectivity index (χ2n) is 4.95. The van der Waals surface area contributed by atoms with E-state index in [1.54, 1.807) is 17.8 Å². The van der Waals surface area contributed by atoms with Crippen LogP contribution in [0.3, 0.4) is 0 Å². The van der Waals surface area contributed by atoms with Crippen molar-refractivity contribution >= 4 is 45.1 Å². The zero-order valence-electron chi connectivity index (χ0n) is 13.0. The van der Waals surface area contributed by atoms with Gasteiger partial charge in [-0.15, -0.1) is 0 Å². The highest BCUT2D eigenvalue weighted by Gasteiger charge is 2.17. The van der Waals surface area contributed by atoms with Gasteiger partial charge in [-0.2, -0.15) is 16.8 Å². The molecule has 1 aromatic carbocycles. The first kappa shape index (κ1) is 17.4. The van der Waals surface area contributed by atoms with E-state index in [2.05, 4.69) is 4.99 Å². The van der Waals surface area contributed by atoms with Crippen LogP contribution in [0.4, 0.5) is 10.3 Å². The molecule has 0 aliphatic rings. The fraction of sp³-hybridized carbons (Fsp3) is 0.200. The van der Waals surface area contributed by atoms with Crippen LogP contribution in [0.1, 0.15) is 10.6 Å². The van der Waals surface area contributed by atoms with E-state index >= 15 is 0 Å². The van der Waals surface area contributed by atoms with Gasteiger partial charge in [0.2, 0.25) is 5.76 Å². The number of amides is 1. The van der Waals surface area contributed by atoms with Gasteiger partial charge in [-0.05, 0) is 30.5 Å². The number of nitrogens with zero attached hydrogens (tertiary/aromatic N) is 3. The number of aromatic nitrogens is 1. The number of aryl methyl sites for hydroxylation is 1. The summed E-state index contributed by atoms with van der Waals surface area (Å²) in [6.45, 7) is 0.594. The second kappa shape index (κ2) is 7.19. The van der Waals surface area contributed by atoms with Crippen molar-refractivity contribution in [2.24, 2.45) is 4.99 Å². The molecule has 0 radical (unpaired) electrons. The van der Waals surface area contributed by atoms with Crippen LogP contribution in [0, 0.1) is 15.9 Å². The monoisotopic (exact) mass is 381 g/mol. The summed E-state index contributed by atoms with van der Waals surface area (Å²) in [7, 11) is 0. The Morgan fingerprint density at radius 2 is 2.24 bits per heavy atom. The summed E-state index contributed by atoms with van der Waals surface area (Å²) >= 11 is 2.81. The Morgan fingerprint density at radius 3 is 2.92 bits per heavy atom. The predicted molar refractivity (Wildman–Crippen MR) is 93.4 cm³/mol. The zero-order valence-corrected chi connectivity index (χ0v) is 14.6. The van der Waals surface area contributed by atoms with Crippen LogP contribution in [0.5, 0.6) is 0 Å². The number of rotatable bonds is 5. The summed E-state index contributed by atoms with van der Waals surface area (Å²) in [4.78, 5) is 26.6. The Bertz CT molecular complexity index is 1020. The molecule has 0 aliphatic carbocycles. The molecule has 0 saturated carbocycles. The number of thiazole rings is 1. The normalized spacial score (nSPS) is 12.0. The van der Waals surface area contributed by atoms with Gasteiger partial charge in [0, 0.05) is 12.3 Å². The van der Waals surface area contributed by atoms with Gasteiger partial charge in [-0.3, -0.25) is 14.9 Å². The van der Waals surface area contributed by atoms with Crippen molar-refractivity contribution < 1.29 is 18.5 Å². The topological polar surface area (TPSA) is 90.6 Å². The Morgan fingerprint density at radius 1 is 1.44 bits per heavy atom. The van der Waals surface area contributed by atoms with Gasteiger partial charge in [-0.25, -0.2) is 4.39 Å². The van der Waals surface area contributed by atoms with E-state index in [9.17, 15) is 19.3 Å². The smallest absolute Gasteiger partial charge is 0.395 e. The highest BCUT2D eigenvalue weighted by atomic mass is 32.2. The maximum absolute atomic E-state index is 13.5. The molecule has 0 saturated heterocycles. The number of hydrogen-bond acceptors (Lipinski definition) is 6. The molecule has 0 bridgehead atoms. The van der Waals surface area contributed by atoms with E-state index < -0.39 is 16.7 Å². The summed E-state index contributed by atoms with van der Waals surface area (Å²) in [6.07, 6.45) is 1.96. The van der Waals surface area contributed by atoms with Crippen molar-refractivity contribution in [3.05, 3.63) is 56.8 Å². The van der Waals surface area contributed by atoms with Crippen LogP contribution >= 0.6 is 23.1 Å². The Kier molecular flexibility index (Phi) is 5.00. The number of nitro groups is 1. The fourth-order valence-corrected chi connectivity index (χ4v) is 3.66. The largest absolute Gasteiger partial charge is 0.433 e. The number of benzene rings is 1. The highest BCUT2D eigenvalue weighted by molar-refractivity contribution is 7.98. The summed E-state index contributed by atoms with van der Waals surface area (Å²) in [5.74, 6) is -1.04. The van der Waals surface area contributed by atoms with E-state index in [4.69, 9.17) is 4.42 Å². The summed E-state index contributed by atoms with van der Waals surface area (Å²) in [6, 6.07) is 6.69. The molecule has 0 fully saturated rings. The minimum atomic E-state index is -0.725. The standard InChI is InChI=1S/C15H12FN3O4S2/c1-24-7-6-18-10-3-2-9(16)8-12(10)25-15(18)17-14(20)11-4-5-13(23-11)19(21)22/h2-5,8H,6-7H2,1H3. The molecule has 7 nitrogen and oxygen atoms in total. The molecule has 3 rings (SSSR count). The maximum atomic E-state index is 13.5. The fourth-order valence-electron chi connectivity index (χ4n) is 2.21.